The SMILES string of the molecule is Cc1nn(C(=O)c2cnc(Br)cn2)c(C)c1CCN. The van der Waals surface area contributed by atoms with Crippen molar-refractivity contribution in [1.29, 1.82) is 0 Å². The topological polar surface area (TPSA) is 86.7 Å². The Labute approximate surface area is 119 Å². The van der Waals surface area contributed by atoms with Gasteiger partial charge in [-0.1, -0.05) is 0 Å². The van der Waals surface area contributed by atoms with Crippen molar-refractivity contribution in [3.63, 3.8) is 0 Å². The van der Waals surface area contributed by atoms with Gasteiger partial charge < -0.3 is 5.73 Å². The van der Waals surface area contributed by atoms with E-state index in [1.807, 2.05) is 13.8 Å². The molecular formula is C12H14BrN5O. The Morgan fingerprint density at radius 2 is 2.11 bits per heavy atom. The van der Waals surface area contributed by atoms with Gasteiger partial charge in [-0.25, -0.2) is 9.97 Å². The third-order valence-electron chi connectivity index (χ3n) is 2.87. The van der Waals surface area contributed by atoms with E-state index in [1.165, 1.54) is 17.1 Å². The van der Waals surface area contributed by atoms with Crippen LogP contribution in [0.1, 0.15) is 27.4 Å². The predicted molar refractivity (Wildman–Crippen MR) is 73.9 cm³/mol. The molecule has 7 heteroatoms. The molecule has 2 aromatic heterocycles. The fourth-order valence-electron chi connectivity index (χ4n) is 1.91. The molecule has 0 spiro atoms. The number of nitrogens with two attached hydrogens (primary N) is 1. The third kappa shape index (κ3) is 2.71. The van der Waals surface area contributed by atoms with Gasteiger partial charge in [-0.2, -0.15) is 9.78 Å². The number of halogens is 1. The van der Waals surface area contributed by atoms with Crippen LogP contribution in [0.3, 0.4) is 0 Å². The molecule has 0 unspecified atom stereocenters. The minimum Gasteiger partial charge on any atom is -0.330 e. The second kappa shape index (κ2) is 5.58. The zero-order chi connectivity index (χ0) is 14.0. The molecule has 0 saturated carbocycles. The highest BCUT2D eigenvalue weighted by molar-refractivity contribution is 9.10. The van der Waals surface area contributed by atoms with Crippen LogP contribution in [0.15, 0.2) is 17.0 Å². The Balaban J connectivity index is 2.39. The van der Waals surface area contributed by atoms with Crippen molar-refractivity contribution in [2.24, 2.45) is 5.73 Å². The lowest BCUT2D eigenvalue weighted by molar-refractivity contribution is 0.0936. The Morgan fingerprint density at radius 3 is 2.68 bits per heavy atom. The number of carbonyl (C=O) groups is 1. The Hall–Kier alpha value is -1.60. The first-order valence-corrected chi connectivity index (χ1v) is 6.61. The van der Waals surface area contributed by atoms with E-state index >= 15 is 0 Å². The quantitative estimate of drug-likeness (QED) is 0.918. The highest BCUT2D eigenvalue weighted by atomic mass is 79.9. The van der Waals surface area contributed by atoms with Crippen LogP contribution >= 0.6 is 15.9 Å². The number of carbonyl (C=O) groups excluding carboxylic acids is 1. The van der Waals surface area contributed by atoms with Crippen LogP contribution in [-0.2, 0) is 6.42 Å². The summed E-state index contributed by atoms with van der Waals surface area (Å²) in [6, 6.07) is 0. The van der Waals surface area contributed by atoms with Gasteiger partial charge in [0.15, 0.2) is 0 Å². The number of hydrogen-bond acceptors (Lipinski definition) is 5. The third-order valence-corrected chi connectivity index (χ3v) is 3.28. The highest BCUT2D eigenvalue weighted by Gasteiger charge is 2.18. The van der Waals surface area contributed by atoms with Gasteiger partial charge in [-0.3, -0.25) is 4.79 Å². The average molecular weight is 324 g/mol. The first-order chi connectivity index (χ1) is 9.04. The molecule has 2 heterocycles. The van der Waals surface area contributed by atoms with Crippen molar-refractivity contribution < 1.29 is 4.79 Å². The van der Waals surface area contributed by atoms with Gasteiger partial charge >= 0.3 is 0 Å². The molecule has 2 rings (SSSR count). The zero-order valence-electron chi connectivity index (χ0n) is 10.7. The second-order valence-corrected chi connectivity index (χ2v) is 4.94. The van der Waals surface area contributed by atoms with Crippen molar-refractivity contribution in [3.8, 4) is 0 Å². The number of hydrogen-bond donors (Lipinski definition) is 1. The number of nitrogens with zero attached hydrogens (tertiary/aromatic N) is 4. The van der Waals surface area contributed by atoms with Gasteiger partial charge in [0.05, 0.1) is 18.1 Å². The standard InChI is InChI=1S/C12H14BrN5O/c1-7-9(3-4-14)8(2)18(17-7)12(19)10-5-16-11(13)6-15-10/h5-6H,3-4,14H2,1-2H3. The second-order valence-electron chi connectivity index (χ2n) is 4.13. The van der Waals surface area contributed by atoms with Gasteiger partial charge in [-0.05, 0) is 48.3 Å². The molecule has 0 radical (unpaired) electrons. The Bertz CT molecular complexity index is 605. The highest BCUT2D eigenvalue weighted by Crippen LogP contribution is 2.14. The van der Waals surface area contributed by atoms with E-state index in [4.69, 9.17) is 5.73 Å². The maximum atomic E-state index is 12.3. The number of aryl methyl sites for hydroxylation is 1. The molecular weight excluding hydrogens is 310 g/mol. The number of aromatic nitrogens is 4. The fourth-order valence-corrected chi connectivity index (χ4v) is 2.11. The summed E-state index contributed by atoms with van der Waals surface area (Å²) >= 11 is 3.18. The molecule has 0 bridgehead atoms. The normalized spacial score (nSPS) is 10.7. The molecule has 0 aliphatic rings. The van der Waals surface area contributed by atoms with Crippen molar-refractivity contribution >= 4 is 21.8 Å². The van der Waals surface area contributed by atoms with Crippen molar-refractivity contribution in [2.75, 3.05) is 6.54 Å². The van der Waals surface area contributed by atoms with E-state index in [0.29, 0.717) is 17.6 Å². The van der Waals surface area contributed by atoms with Crippen LogP contribution in [0, 0.1) is 13.8 Å². The summed E-state index contributed by atoms with van der Waals surface area (Å²) in [5, 5.41) is 4.26. The van der Waals surface area contributed by atoms with Crippen LogP contribution in [0.25, 0.3) is 0 Å². The summed E-state index contributed by atoms with van der Waals surface area (Å²) in [5.74, 6) is -0.288. The molecule has 6 nitrogen and oxygen atoms in total. The van der Waals surface area contributed by atoms with Crippen molar-refractivity contribution in [2.45, 2.75) is 20.3 Å². The minimum atomic E-state index is -0.288. The van der Waals surface area contributed by atoms with E-state index in [9.17, 15) is 4.79 Å². The molecule has 100 valence electrons. The van der Waals surface area contributed by atoms with Crippen LogP contribution in [0.5, 0.6) is 0 Å². The lowest BCUT2D eigenvalue weighted by Gasteiger charge is -2.03. The van der Waals surface area contributed by atoms with E-state index in [0.717, 1.165) is 17.0 Å². The smallest absolute Gasteiger partial charge is 0.298 e. The van der Waals surface area contributed by atoms with Crippen LogP contribution in [-0.4, -0.2) is 32.2 Å². The maximum absolute atomic E-state index is 12.3. The van der Waals surface area contributed by atoms with Gasteiger partial charge in [0.2, 0.25) is 0 Å². The molecule has 19 heavy (non-hydrogen) atoms. The summed E-state index contributed by atoms with van der Waals surface area (Å²) in [5.41, 5.74) is 8.46. The van der Waals surface area contributed by atoms with Gasteiger partial charge in [0.1, 0.15) is 10.3 Å². The zero-order valence-corrected chi connectivity index (χ0v) is 12.3. The maximum Gasteiger partial charge on any atom is 0.298 e. The van der Waals surface area contributed by atoms with E-state index in [-0.39, 0.29) is 11.6 Å². The fraction of sp³-hybridized carbons (Fsp3) is 0.333. The summed E-state index contributed by atoms with van der Waals surface area (Å²) in [6.45, 7) is 4.25. The van der Waals surface area contributed by atoms with Crippen molar-refractivity contribution in [1.82, 2.24) is 19.7 Å². The minimum absolute atomic E-state index is 0.257. The molecule has 2 N–H and O–H groups in total. The van der Waals surface area contributed by atoms with E-state index in [1.54, 1.807) is 0 Å². The lowest BCUT2D eigenvalue weighted by atomic mass is 10.1. The van der Waals surface area contributed by atoms with Gasteiger partial charge in [0.25, 0.3) is 5.91 Å². The van der Waals surface area contributed by atoms with Crippen molar-refractivity contribution in [3.05, 3.63) is 39.6 Å². The molecule has 0 fully saturated rings. The molecule has 2 aromatic rings. The largest absolute Gasteiger partial charge is 0.330 e. The van der Waals surface area contributed by atoms with Crippen LogP contribution in [0.4, 0.5) is 0 Å². The first-order valence-electron chi connectivity index (χ1n) is 5.82. The summed E-state index contributed by atoms with van der Waals surface area (Å²) < 4.78 is 1.94. The van der Waals surface area contributed by atoms with Gasteiger partial charge in [-0.15, -0.1) is 0 Å². The molecule has 0 saturated heterocycles. The summed E-state index contributed by atoms with van der Waals surface area (Å²) in [4.78, 5) is 20.3. The Kier molecular flexibility index (Phi) is 4.06. The number of rotatable bonds is 3. The summed E-state index contributed by atoms with van der Waals surface area (Å²) in [6.07, 6.45) is 3.61. The molecule has 0 aliphatic heterocycles. The average Bonchev–Trinajstić information content (AvgIpc) is 2.67. The molecule has 0 aromatic carbocycles. The molecule has 0 amide bonds. The monoisotopic (exact) mass is 323 g/mol. The van der Waals surface area contributed by atoms with Crippen LogP contribution < -0.4 is 5.73 Å². The van der Waals surface area contributed by atoms with Crippen LogP contribution in [0.2, 0.25) is 0 Å². The van der Waals surface area contributed by atoms with Gasteiger partial charge in [0, 0.05) is 5.69 Å². The summed E-state index contributed by atoms with van der Waals surface area (Å²) in [7, 11) is 0. The van der Waals surface area contributed by atoms with E-state index < -0.39 is 0 Å². The Morgan fingerprint density at radius 1 is 1.37 bits per heavy atom. The van der Waals surface area contributed by atoms with E-state index in [2.05, 4.69) is 31.0 Å². The first kappa shape index (κ1) is 13.8. The predicted octanol–water partition coefficient (Wildman–Crippen LogP) is 1.24. The molecule has 0 atom stereocenters. The lowest BCUT2D eigenvalue weighted by Crippen LogP contribution is -2.17. The molecule has 0 aliphatic carbocycles.